The van der Waals surface area contributed by atoms with E-state index in [2.05, 4.69) is 5.32 Å². The summed E-state index contributed by atoms with van der Waals surface area (Å²) in [6, 6.07) is 5.09. The van der Waals surface area contributed by atoms with E-state index in [1.807, 2.05) is 14.0 Å². The summed E-state index contributed by atoms with van der Waals surface area (Å²) in [5.41, 5.74) is 0.698. The van der Waals surface area contributed by atoms with Crippen LogP contribution in [0.1, 0.15) is 25.3 Å². The minimum atomic E-state index is -0.234. The van der Waals surface area contributed by atoms with Crippen LogP contribution in [0.25, 0.3) is 0 Å². The van der Waals surface area contributed by atoms with Gasteiger partial charge in [0.25, 0.3) is 0 Å². The Morgan fingerprint density at radius 3 is 2.67 bits per heavy atom. The lowest BCUT2D eigenvalue weighted by molar-refractivity contribution is 0.106. The van der Waals surface area contributed by atoms with Crippen molar-refractivity contribution in [1.29, 1.82) is 0 Å². The fourth-order valence-corrected chi connectivity index (χ4v) is 2.01. The Labute approximate surface area is 113 Å². The zero-order valence-corrected chi connectivity index (χ0v) is 11.9. The molecule has 18 heavy (non-hydrogen) atoms. The van der Waals surface area contributed by atoms with Crippen LogP contribution in [0.4, 0.5) is 4.39 Å². The second kappa shape index (κ2) is 7.72. The summed E-state index contributed by atoms with van der Waals surface area (Å²) in [6.07, 6.45) is 2.80. The summed E-state index contributed by atoms with van der Waals surface area (Å²) in [7, 11) is 3.61. The van der Waals surface area contributed by atoms with E-state index >= 15 is 0 Å². The molecule has 0 heterocycles. The molecular formula is C14H21ClFNO. The van der Waals surface area contributed by atoms with Crippen molar-refractivity contribution in [2.45, 2.75) is 38.3 Å². The van der Waals surface area contributed by atoms with Crippen LogP contribution in [0, 0.1) is 5.82 Å². The van der Waals surface area contributed by atoms with E-state index in [0.717, 1.165) is 12.8 Å². The summed E-state index contributed by atoms with van der Waals surface area (Å²) in [6.45, 7) is 2.04. The highest BCUT2D eigenvalue weighted by atomic mass is 35.5. The first-order valence-corrected chi connectivity index (χ1v) is 6.58. The van der Waals surface area contributed by atoms with Gasteiger partial charge in [-0.15, -0.1) is 0 Å². The van der Waals surface area contributed by atoms with Crippen LogP contribution in [-0.4, -0.2) is 26.3 Å². The average Bonchev–Trinajstić information content (AvgIpc) is 2.36. The standard InChI is InChI=1S/C14H21ClFNO/c1-10(18-3)4-7-13(17-2)8-11-5-6-12(15)9-14(11)16/h5-6,9-10,13,17H,4,7-8H2,1-3H3. The Morgan fingerprint density at radius 1 is 1.39 bits per heavy atom. The third-order valence-corrected chi connectivity index (χ3v) is 3.45. The first kappa shape index (κ1) is 15.4. The summed E-state index contributed by atoms with van der Waals surface area (Å²) in [5.74, 6) is -0.234. The van der Waals surface area contributed by atoms with Crippen molar-refractivity contribution in [2.75, 3.05) is 14.2 Å². The molecule has 0 saturated carbocycles. The van der Waals surface area contributed by atoms with Gasteiger partial charge in [-0.2, -0.15) is 0 Å². The monoisotopic (exact) mass is 273 g/mol. The van der Waals surface area contributed by atoms with Crippen molar-refractivity contribution < 1.29 is 9.13 Å². The van der Waals surface area contributed by atoms with Crippen LogP contribution < -0.4 is 5.32 Å². The van der Waals surface area contributed by atoms with E-state index in [9.17, 15) is 4.39 Å². The van der Waals surface area contributed by atoms with Crippen LogP contribution >= 0.6 is 11.6 Å². The lowest BCUT2D eigenvalue weighted by Crippen LogP contribution is -2.29. The van der Waals surface area contributed by atoms with Crippen LogP contribution in [-0.2, 0) is 11.2 Å². The number of hydrogen-bond donors (Lipinski definition) is 1. The van der Waals surface area contributed by atoms with Gasteiger partial charge in [-0.3, -0.25) is 0 Å². The number of nitrogens with one attached hydrogen (secondary N) is 1. The Hall–Kier alpha value is -0.640. The second-order valence-corrected chi connectivity index (χ2v) is 4.99. The second-order valence-electron chi connectivity index (χ2n) is 4.55. The van der Waals surface area contributed by atoms with Crippen LogP contribution in [0.15, 0.2) is 18.2 Å². The van der Waals surface area contributed by atoms with Gasteiger partial charge < -0.3 is 10.1 Å². The van der Waals surface area contributed by atoms with E-state index < -0.39 is 0 Å². The van der Waals surface area contributed by atoms with E-state index in [-0.39, 0.29) is 18.0 Å². The maximum atomic E-state index is 13.7. The topological polar surface area (TPSA) is 21.3 Å². The molecule has 1 N–H and O–H groups in total. The van der Waals surface area contributed by atoms with Gasteiger partial charge >= 0.3 is 0 Å². The molecule has 2 atom stereocenters. The van der Waals surface area contributed by atoms with E-state index in [1.54, 1.807) is 19.2 Å². The van der Waals surface area contributed by atoms with Gasteiger partial charge in [-0.1, -0.05) is 17.7 Å². The first-order valence-electron chi connectivity index (χ1n) is 6.20. The molecule has 102 valence electrons. The Kier molecular flexibility index (Phi) is 6.61. The SMILES string of the molecule is CNC(CCC(C)OC)Cc1ccc(Cl)cc1F. The van der Waals surface area contributed by atoms with E-state index in [4.69, 9.17) is 16.3 Å². The normalized spacial score (nSPS) is 14.5. The number of rotatable bonds is 7. The number of ether oxygens (including phenoxy) is 1. The maximum absolute atomic E-state index is 13.7. The van der Waals surface area contributed by atoms with Gasteiger partial charge in [-0.25, -0.2) is 4.39 Å². The highest BCUT2D eigenvalue weighted by Crippen LogP contribution is 2.17. The number of halogens is 2. The molecule has 0 aliphatic heterocycles. The number of likely N-dealkylation sites (N-methyl/N-ethyl adjacent to an activating group) is 1. The fraction of sp³-hybridized carbons (Fsp3) is 0.571. The molecule has 2 nitrogen and oxygen atoms in total. The number of hydrogen-bond acceptors (Lipinski definition) is 2. The van der Waals surface area contributed by atoms with Crippen LogP contribution in [0.3, 0.4) is 0 Å². The summed E-state index contributed by atoms with van der Waals surface area (Å²) >= 11 is 5.74. The minimum Gasteiger partial charge on any atom is -0.382 e. The third-order valence-electron chi connectivity index (χ3n) is 3.21. The fourth-order valence-electron chi connectivity index (χ4n) is 1.85. The third kappa shape index (κ3) is 4.92. The molecule has 0 spiro atoms. The molecule has 1 aromatic rings. The molecule has 0 bridgehead atoms. The average molecular weight is 274 g/mol. The van der Waals surface area contributed by atoms with Crippen molar-refractivity contribution >= 4 is 11.6 Å². The van der Waals surface area contributed by atoms with Crippen molar-refractivity contribution in [3.8, 4) is 0 Å². The van der Waals surface area contributed by atoms with Gasteiger partial charge in [-0.05, 0) is 50.9 Å². The van der Waals surface area contributed by atoms with Gasteiger partial charge in [0.2, 0.25) is 0 Å². The molecule has 0 fully saturated rings. The predicted molar refractivity (Wildman–Crippen MR) is 73.7 cm³/mol. The molecular weight excluding hydrogens is 253 g/mol. The van der Waals surface area contributed by atoms with Crippen molar-refractivity contribution in [1.82, 2.24) is 5.32 Å². The molecule has 0 amide bonds. The molecule has 0 aliphatic carbocycles. The highest BCUT2D eigenvalue weighted by Gasteiger charge is 2.12. The molecule has 0 saturated heterocycles. The zero-order valence-electron chi connectivity index (χ0n) is 11.2. The van der Waals surface area contributed by atoms with Gasteiger partial charge in [0.05, 0.1) is 6.10 Å². The highest BCUT2D eigenvalue weighted by molar-refractivity contribution is 6.30. The minimum absolute atomic E-state index is 0.232. The summed E-state index contributed by atoms with van der Waals surface area (Å²) < 4.78 is 18.9. The zero-order chi connectivity index (χ0) is 13.5. The molecule has 1 rings (SSSR count). The lowest BCUT2D eigenvalue weighted by Gasteiger charge is -2.18. The molecule has 0 radical (unpaired) electrons. The predicted octanol–water partition coefficient (Wildman–Crippen LogP) is 3.42. The Balaban J connectivity index is 2.56. The molecule has 1 aromatic carbocycles. The van der Waals surface area contributed by atoms with Crippen molar-refractivity contribution in [2.24, 2.45) is 0 Å². The van der Waals surface area contributed by atoms with Gasteiger partial charge in [0, 0.05) is 18.2 Å². The lowest BCUT2D eigenvalue weighted by atomic mass is 10.00. The van der Waals surface area contributed by atoms with Crippen molar-refractivity contribution in [3.63, 3.8) is 0 Å². The van der Waals surface area contributed by atoms with Crippen LogP contribution in [0.5, 0.6) is 0 Å². The molecule has 0 aliphatic rings. The Bertz CT molecular complexity index is 373. The Morgan fingerprint density at radius 2 is 2.11 bits per heavy atom. The number of benzene rings is 1. The quantitative estimate of drug-likeness (QED) is 0.822. The smallest absolute Gasteiger partial charge is 0.127 e. The first-order chi connectivity index (χ1) is 8.56. The molecule has 2 unspecified atom stereocenters. The van der Waals surface area contributed by atoms with Crippen LogP contribution in [0.2, 0.25) is 5.02 Å². The van der Waals surface area contributed by atoms with Gasteiger partial charge in [0.15, 0.2) is 0 Å². The largest absolute Gasteiger partial charge is 0.382 e. The summed E-state index contributed by atoms with van der Waals surface area (Å²) in [4.78, 5) is 0. The molecule has 4 heteroatoms. The van der Waals surface area contributed by atoms with Crippen molar-refractivity contribution in [3.05, 3.63) is 34.6 Å². The van der Waals surface area contributed by atoms with Gasteiger partial charge in [0.1, 0.15) is 5.82 Å². The van der Waals surface area contributed by atoms with E-state index in [1.165, 1.54) is 6.07 Å². The van der Waals surface area contributed by atoms with E-state index in [0.29, 0.717) is 17.0 Å². The maximum Gasteiger partial charge on any atom is 0.127 e. The molecule has 0 aromatic heterocycles. The summed E-state index contributed by atoms with van der Waals surface area (Å²) in [5, 5.41) is 3.65. The number of methoxy groups -OCH3 is 1.